The van der Waals surface area contributed by atoms with Crippen LogP contribution in [0, 0.1) is 17.0 Å². The lowest BCUT2D eigenvalue weighted by Gasteiger charge is -2.22. The predicted octanol–water partition coefficient (Wildman–Crippen LogP) is 3.67. The second-order valence-electron chi connectivity index (χ2n) is 6.52. The average molecular weight is 357 g/mol. The van der Waals surface area contributed by atoms with Crippen molar-refractivity contribution in [1.82, 2.24) is 4.72 Å². The molecule has 1 unspecified atom stereocenters. The Labute approximate surface area is 138 Å². The summed E-state index contributed by atoms with van der Waals surface area (Å²) in [4.78, 5) is 0. The molecule has 23 heavy (non-hydrogen) atoms. The van der Waals surface area contributed by atoms with Crippen LogP contribution in [0.4, 0.5) is 8.78 Å². The maximum absolute atomic E-state index is 14.2. The molecule has 1 N–H and O–H groups in total. The molecule has 0 radical (unpaired) electrons. The van der Waals surface area contributed by atoms with Crippen molar-refractivity contribution < 1.29 is 17.2 Å². The van der Waals surface area contributed by atoms with Crippen molar-refractivity contribution >= 4 is 21.4 Å². The van der Waals surface area contributed by atoms with E-state index in [0.29, 0.717) is 12.0 Å². The first-order valence-electron chi connectivity index (χ1n) is 7.17. The van der Waals surface area contributed by atoms with Gasteiger partial charge >= 0.3 is 0 Å². The monoisotopic (exact) mass is 357 g/mol. The van der Waals surface area contributed by atoms with Crippen molar-refractivity contribution in [1.29, 1.82) is 0 Å². The van der Waals surface area contributed by atoms with Crippen LogP contribution in [0.5, 0.6) is 0 Å². The molecule has 0 saturated heterocycles. The first kappa shape index (κ1) is 16.5. The van der Waals surface area contributed by atoms with Gasteiger partial charge in [-0.05, 0) is 34.9 Å². The average Bonchev–Trinajstić information content (AvgIpc) is 2.84. The number of hydrogen-bond acceptors (Lipinski definition) is 3. The van der Waals surface area contributed by atoms with E-state index in [-0.39, 0.29) is 16.2 Å². The molecule has 2 aromatic rings. The predicted molar refractivity (Wildman–Crippen MR) is 85.9 cm³/mol. The standard InChI is InChI=1S/C16H17F2NO2S2/c1-15(2)9-16(15,12-6-5-11(17)8-13(12)18)10-19-23(20,21)14-4-3-7-22-14/h3-8,19H,9-10H2,1-2H3. The summed E-state index contributed by atoms with van der Waals surface area (Å²) in [6.45, 7) is 3.99. The van der Waals surface area contributed by atoms with Crippen LogP contribution in [0.15, 0.2) is 39.9 Å². The minimum Gasteiger partial charge on any atom is -0.210 e. The van der Waals surface area contributed by atoms with Crippen LogP contribution in [-0.2, 0) is 15.4 Å². The number of hydrogen-bond donors (Lipinski definition) is 1. The van der Waals surface area contributed by atoms with Gasteiger partial charge in [0.05, 0.1) is 0 Å². The van der Waals surface area contributed by atoms with Crippen LogP contribution < -0.4 is 4.72 Å². The third kappa shape index (κ3) is 2.81. The summed E-state index contributed by atoms with van der Waals surface area (Å²) in [5.41, 5.74) is -0.559. The third-order valence-corrected chi connectivity index (χ3v) is 7.48. The molecule has 1 fully saturated rings. The van der Waals surface area contributed by atoms with Gasteiger partial charge in [-0.3, -0.25) is 0 Å². The van der Waals surface area contributed by atoms with E-state index >= 15 is 0 Å². The van der Waals surface area contributed by atoms with Gasteiger partial charge in [-0.1, -0.05) is 26.0 Å². The lowest BCUT2D eigenvalue weighted by molar-refractivity contribution is 0.459. The van der Waals surface area contributed by atoms with Crippen molar-refractivity contribution in [3.63, 3.8) is 0 Å². The van der Waals surface area contributed by atoms with Gasteiger partial charge in [0.25, 0.3) is 0 Å². The minimum atomic E-state index is -3.62. The van der Waals surface area contributed by atoms with E-state index in [0.717, 1.165) is 17.4 Å². The van der Waals surface area contributed by atoms with Crippen molar-refractivity contribution in [3.05, 3.63) is 52.9 Å². The van der Waals surface area contributed by atoms with Crippen LogP contribution in [0.3, 0.4) is 0 Å². The Kier molecular flexibility index (Phi) is 3.85. The zero-order chi connectivity index (χ0) is 16.9. The summed E-state index contributed by atoms with van der Waals surface area (Å²) in [5, 5.41) is 1.69. The molecule has 1 aliphatic rings. The fourth-order valence-electron chi connectivity index (χ4n) is 3.15. The van der Waals surface area contributed by atoms with Gasteiger partial charge in [0.15, 0.2) is 0 Å². The zero-order valence-electron chi connectivity index (χ0n) is 12.8. The summed E-state index contributed by atoms with van der Waals surface area (Å²) in [6, 6.07) is 6.66. The summed E-state index contributed by atoms with van der Waals surface area (Å²) >= 11 is 1.13. The van der Waals surface area contributed by atoms with Crippen molar-refractivity contribution in [2.45, 2.75) is 29.9 Å². The van der Waals surface area contributed by atoms with E-state index in [9.17, 15) is 17.2 Å². The summed E-state index contributed by atoms with van der Waals surface area (Å²) in [7, 11) is -3.62. The van der Waals surface area contributed by atoms with Crippen LogP contribution in [0.2, 0.25) is 0 Å². The van der Waals surface area contributed by atoms with Crippen LogP contribution in [-0.4, -0.2) is 15.0 Å². The van der Waals surface area contributed by atoms with Crippen molar-refractivity contribution in [2.75, 3.05) is 6.54 Å². The van der Waals surface area contributed by atoms with E-state index in [1.54, 1.807) is 11.4 Å². The van der Waals surface area contributed by atoms with Gasteiger partial charge < -0.3 is 0 Å². The third-order valence-electron chi connectivity index (χ3n) is 4.68. The molecule has 3 nitrogen and oxygen atoms in total. The Balaban J connectivity index is 1.89. The molecule has 1 heterocycles. The summed E-state index contributed by atoms with van der Waals surface area (Å²) in [6.07, 6.45) is 0.634. The van der Waals surface area contributed by atoms with Gasteiger partial charge in [-0.25, -0.2) is 21.9 Å². The number of benzene rings is 1. The lowest BCUT2D eigenvalue weighted by Crippen LogP contribution is -2.35. The Bertz CT molecular complexity index is 832. The first-order chi connectivity index (χ1) is 10.7. The molecule has 0 spiro atoms. The van der Waals surface area contributed by atoms with Gasteiger partial charge in [0.2, 0.25) is 10.0 Å². The second kappa shape index (κ2) is 5.36. The largest absolute Gasteiger partial charge is 0.250 e. The minimum absolute atomic E-state index is 0.0861. The van der Waals surface area contributed by atoms with E-state index in [1.165, 1.54) is 18.2 Å². The van der Waals surface area contributed by atoms with Crippen LogP contribution >= 0.6 is 11.3 Å². The van der Waals surface area contributed by atoms with Gasteiger partial charge in [-0.15, -0.1) is 11.3 Å². The zero-order valence-corrected chi connectivity index (χ0v) is 14.4. The molecule has 0 bridgehead atoms. The van der Waals surface area contributed by atoms with Crippen LogP contribution in [0.1, 0.15) is 25.8 Å². The molecule has 1 aromatic heterocycles. The number of halogens is 2. The number of sulfonamides is 1. The maximum Gasteiger partial charge on any atom is 0.250 e. The van der Waals surface area contributed by atoms with Crippen molar-refractivity contribution in [3.8, 4) is 0 Å². The number of thiophene rings is 1. The molecule has 1 atom stereocenters. The second-order valence-corrected chi connectivity index (χ2v) is 9.47. The lowest BCUT2D eigenvalue weighted by atomic mass is 9.87. The molecule has 1 saturated carbocycles. The van der Waals surface area contributed by atoms with Gasteiger partial charge in [-0.2, -0.15) is 0 Å². The van der Waals surface area contributed by atoms with E-state index in [4.69, 9.17) is 0 Å². The summed E-state index contributed by atoms with van der Waals surface area (Å²) in [5.74, 6) is -1.27. The number of nitrogens with one attached hydrogen (secondary N) is 1. The smallest absolute Gasteiger partial charge is 0.210 e. The Morgan fingerprint density at radius 3 is 2.48 bits per heavy atom. The van der Waals surface area contributed by atoms with E-state index in [2.05, 4.69) is 4.72 Å². The quantitative estimate of drug-likeness (QED) is 0.887. The van der Waals surface area contributed by atoms with Gasteiger partial charge in [0, 0.05) is 18.0 Å². The Hall–Kier alpha value is -1.31. The fourth-order valence-corrected chi connectivity index (χ4v) is 5.29. The van der Waals surface area contributed by atoms with E-state index in [1.807, 2.05) is 13.8 Å². The number of rotatable bonds is 5. The molecular formula is C16H17F2NO2S2. The normalized spacial score (nSPS) is 23.0. The molecule has 3 rings (SSSR count). The van der Waals surface area contributed by atoms with Crippen LogP contribution in [0.25, 0.3) is 0 Å². The highest BCUT2D eigenvalue weighted by molar-refractivity contribution is 7.91. The SMILES string of the molecule is CC1(C)CC1(CNS(=O)(=O)c1cccs1)c1ccc(F)cc1F. The topological polar surface area (TPSA) is 46.2 Å². The highest BCUT2D eigenvalue weighted by Crippen LogP contribution is 2.64. The summed E-state index contributed by atoms with van der Waals surface area (Å²) < 4.78 is 54.8. The first-order valence-corrected chi connectivity index (χ1v) is 9.53. The molecular weight excluding hydrogens is 340 g/mol. The van der Waals surface area contributed by atoms with E-state index < -0.39 is 27.1 Å². The van der Waals surface area contributed by atoms with Gasteiger partial charge in [0.1, 0.15) is 15.8 Å². The Morgan fingerprint density at radius 2 is 1.96 bits per heavy atom. The molecule has 1 aliphatic carbocycles. The maximum atomic E-state index is 14.2. The fraction of sp³-hybridized carbons (Fsp3) is 0.375. The molecule has 0 amide bonds. The highest BCUT2D eigenvalue weighted by Gasteiger charge is 2.63. The van der Waals surface area contributed by atoms with Crippen molar-refractivity contribution in [2.24, 2.45) is 5.41 Å². The molecule has 0 aliphatic heterocycles. The Morgan fingerprint density at radius 1 is 1.26 bits per heavy atom. The molecule has 124 valence electrons. The molecule has 1 aromatic carbocycles. The highest BCUT2D eigenvalue weighted by atomic mass is 32.2. The molecule has 7 heteroatoms.